The van der Waals surface area contributed by atoms with Gasteiger partial charge in [-0.05, 0) is 55.4 Å². The maximum Gasteiger partial charge on any atom is 0.256 e. The highest BCUT2D eigenvalue weighted by molar-refractivity contribution is 5.88. The van der Waals surface area contributed by atoms with Crippen LogP contribution in [-0.2, 0) is 14.3 Å². The molecule has 6 heteroatoms. The van der Waals surface area contributed by atoms with E-state index in [1.165, 1.54) is 6.08 Å². The Morgan fingerprint density at radius 1 is 1.30 bits per heavy atom. The molecule has 27 heavy (non-hydrogen) atoms. The number of ether oxygens (including phenoxy) is 2. The van der Waals surface area contributed by atoms with E-state index in [2.05, 4.69) is 11.9 Å². The topological polar surface area (TPSA) is 67.9 Å². The molecule has 1 aliphatic heterocycles. The largest absolute Gasteiger partial charge is 0.497 e. The number of methoxy groups -OCH3 is 2. The molecule has 0 bridgehead atoms. The summed E-state index contributed by atoms with van der Waals surface area (Å²) in [5.74, 6) is 0.977. The molecule has 0 spiro atoms. The van der Waals surface area contributed by atoms with Crippen LogP contribution in [0.25, 0.3) is 0 Å². The number of rotatable bonds is 7. The van der Waals surface area contributed by atoms with Crippen LogP contribution in [-0.4, -0.2) is 49.6 Å². The minimum absolute atomic E-state index is 0.0239. The van der Waals surface area contributed by atoms with E-state index in [9.17, 15) is 9.59 Å². The van der Waals surface area contributed by atoms with Crippen molar-refractivity contribution in [3.63, 3.8) is 0 Å². The lowest BCUT2D eigenvalue weighted by Crippen LogP contribution is -2.49. The summed E-state index contributed by atoms with van der Waals surface area (Å²) in [7, 11) is 3.16. The zero-order valence-electron chi connectivity index (χ0n) is 16.1. The number of nitrogens with one attached hydrogen (secondary N) is 1. The number of amides is 2. The third-order valence-corrected chi connectivity index (χ3v) is 5.79. The highest BCUT2D eigenvalue weighted by Gasteiger charge is 2.51. The molecular weight excluding hydrogens is 344 g/mol. The van der Waals surface area contributed by atoms with Crippen molar-refractivity contribution in [3.8, 4) is 5.75 Å². The van der Waals surface area contributed by atoms with Crippen LogP contribution < -0.4 is 10.1 Å². The van der Waals surface area contributed by atoms with Gasteiger partial charge >= 0.3 is 0 Å². The van der Waals surface area contributed by atoms with Crippen molar-refractivity contribution in [1.82, 2.24) is 10.2 Å². The molecule has 2 fully saturated rings. The predicted octanol–water partition coefficient (Wildman–Crippen LogP) is 2.46. The van der Waals surface area contributed by atoms with Gasteiger partial charge in [0, 0.05) is 25.7 Å². The van der Waals surface area contributed by atoms with E-state index < -0.39 is 6.10 Å². The smallest absolute Gasteiger partial charge is 0.256 e. The summed E-state index contributed by atoms with van der Waals surface area (Å²) in [5, 5.41) is 3.10. The highest BCUT2D eigenvalue weighted by atomic mass is 16.5. The first-order valence-electron chi connectivity index (χ1n) is 9.43. The van der Waals surface area contributed by atoms with Gasteiger partial charge in [0.2, 0.25) is 5.91 Å². The number of benzene rings is 1. The minimum atomic E-state index is -0.632. The second-order valence-electron chi connectivity index (χ2n) is 7.34. The third kappa shape index (κ3) is 4.16. The van der Waals surface area contributed by atoms with E-state index in [1.54, 1.807) is 14.2 Å². The van der Waals surface area contributed by atoms with Gasteiger partial charge in [-0.2, -0.15) is 0 Å². The van der Waals surface area contributed by atoms with Crippen LogP contribution in [0.2, 0.25) is 0 Å². The fourth-order valence-electron chi connectivity index (χ4n) is 4.07. The van der Waals surface area contributed by atoms with Crippen molar-refractivity contribution in [2.24, 2.45) is 5.92 Å². The standard InChI is InChI=1S/C21H28N2O4/c1-4-18(24)22-21(10-11-21)16-8-12-23(13-9-16)20(25)19(27-3)15-6-5-7-17(14-15)26-2/h4-7,14,16,19H,1,8-13H2,2-3H3,(H,22,24). The van der Waals surface area contributed by atoms with E-state index in [-0.39, 0.29) is 17.4 Å². The monoisotopic (exact) mass is 372 g/mol. The fraction of sp³-hybridized carbons (Fsp3) is 0.524. The SMILES string of the molecule is C=CC(=O)NC1(C2CCN(C(=O)C(OC)c3cccc(OC)c3)CC2)CC1. The Bertz CT molecular complexity index is 706. The van der Waals surface area contributed by atoms with Crippen molar-refractivity contribution >= 4 is 11.8 Å². The van der Waals surface area contributed by atoms with Gasteiger partial charge in [0.25, 0.3) is 5.91 Å². The summed E-state index contributed by atoms with van der Waals surface area (Å²) < 4.78 is 10.8. The molecule has 3 rings (SSSR count). The van der Waals surface area contributed by atoms with E-state index in [0.29, 0.717) is 24.8 Å². The van der Waals surface area contributed by atoms with Crippen LogP contribution in [0.1, 0.15) is 37.4 Å². The Labute approximate surface area is 160 Å². The molecule has 1 N–H and O–H groups in total. The van der Waals surface area contributed by atoms with Gasteiger partial charge in [0.05, 0.1) is 7.11 Å². The molecule has 146 valence electrons. The Morgan fingerprint density at radius 3 is 2.56 bits per heavy atom. The number of piperidine rings is 1. The summed E-state index contributed by atoms with van der Waals surface area (Å²) in [6, 6.07) is 7.42. The Hall–Kier alpha value is -2.34. The maximum atomic E-state index is 13.0. The van der Waals surface area contributed by atoms with E-state index in [1.807, 2.05) is 29.2 Å². The van der Waals surface area contributed by atoms with Crippen molar-refractivity contribution in [2.75, 3.05) is 27.3 Å². The predicted molar refractivity (Wildman–Crippen MR) is 102 cm³/mol. The summed E-state index contributed by atoms with van der Waals surface area (Å²) >= 11 is 0. The molecule has 0 radical (unpaired) electrons. The molecule has 1 aromatic carbocycles. The number of carbonyl (C=O) groups excluding carboxylic acids is 2. The van der Waals surface area contributed by atoms with Crippen molar-refractivity contribution in [3.05, 3.63) is 42.5 Å². The number of carbonyl (C=O) groups is 2. The normalized spacial score (nSPS) is 19.9. The molecule has 1 aromatic rings. The van der Waals surface area contributed by atoms with Crippen molar-refractivity contribution in [2.45, 2.75) is 37.3 Å². The summed E-state index contributed by atoms with van der Waals surface area (Å²) in [6.45, 7) is 4.89. The highest BCUT2D eigenvalue weighted by Crippen LogP contribution is 2.46. The molecular formula is C21H28N2O4. The fourth-order valence-corrected chi connectivity index (χ4v) is 4.07. The maximum absolute atomic E-state index is 13.0. The van der Waals surface area contributed by atoms with Crippen LogP contribution in [0.3, 0.4) is 0 Å². The average Bonchev–Trinajstić information content (AvgIpc) is 3.49. The minimum Gasteiger partial charge on any atom is -0.497 e. The molecule has 0 aromatic heterocycles. The second-order valence-corrected chi connectivity index (χ2v) is 7.34. The molecule has 2 amide bonds. The van der Waals surface area contributed by atoms with Gasteiger partial charge in [-0.25, -0.2) is 0 Å². The van der Waals surface area contributed by atoms with Gasteiger partial charge in [-0.3, -0.25) is 9.59 Å². The molecule has 1 saturated carbocycles. The van der Waals surface area contributed by atoms with Gasteiger partial charge in [-0.15, -0.1) is 0 Å². The van der Waals surface area contributed by atoms with Crippen LogP contribution in [0.4, 0.5) is 0 Å². The van der Waals surface area contributed by atoms with Crippen molar-refractivity contribution < 1.29 is 19.1 Å². The van der Waals surface area contributed by atoms with Gasteiger partial charge in [0.1, 0.15) is 5.75 Å². The number of hydrogen-bond acceptors (Lipinski definition) is 4. The van der Waals surface area contributed by atoms with E-state index >= 15 is 0 Å². The van der Waals surface area contributed by atoms with Crippen LogP contribution >= 0.6 is 0 Å². The quantitative estimate of drug-likeness (QED) is 0.747. The Kier molecular flexibility index (Phi) is 5.85. The molecule has 2 aliphatic rings. The lowest BCUT2D eigenvalue weighted by molar-refractivity contribution is -0.144. The second kappa shape index (κ2) is 8.13. The lowest BCUT2D eigenvalue weighted by Gasteiger charge is -2.37. The Balaban J connectivity index is 1.62. The third-order valence-electron chi connectivity index (χ3n) is 5.79. The van der Waals surface area contributed by atoms with Gasteiger partial charge in [-0.1, -0.05) is 18.7 Å². The number of hydrogen-bond donors (Lipinski definition) is 1. The van der Waals surface area contributed by atoms with Gasteiger partial charge < -0.3 is 19.7 Å². The van der Waals surface area contributed by atoms with Crippen LogP contribution in [0.15, 0.2) is 36.9 Å². The summed E-state index contributed by atoms with van der Waals surface area (Å²) in [4.78, 5) is 26.6. The number of nitrogens with zero attached hydrogens (tertiary/aromatic N) is 1. The first kappa shape index (κ1) is 19.4. The molecule has 1 unspecified atom stereocenters. The Morgan fingerprint density at radius 2 is 2.00 bits per heavy atom. The number of likely N-dealkylation sites (tertiary alicyclic amines) is 1. The zero-order chi connectivity index (χ0) is 19.4. The first-order chi connectivity index (χ1) is 13.0. The van der Waals surface area contributed by atoms with Crippen molar-refractivity contribution in [1.29, 1.82) is 0 Å². The summed E-state index contributed by atoms with van der Waals surface area (Å²) in [6.07, 6.45) is 4.49. The average molecular weight is 372 g/mol. The van der Waals surface area contributed by atoms with Crippen LogP contribution in [0, 0.1) is 5.92 Å². The van der Waals surface area contributed by atoms with Gasteiger partial charge in [0.15, 0.2) is 6.10 Å². The van der Waals surface area contributed by atoms with Crippen LogP contribution in [0.5, 0.6) is 5.75 Å². The lowest BCUT2D eigenvalue weighted by atomic mass is 9.86. The zero-order valence-corrected chi connectivity index (χ0v) is 16.1. The summed E-state index contributed by atoms with van der Waals surface area (Å²) in [5.41, 5.74) is 0.703. The van der Waals surface area contributed by atoms with E-state index in [4.69, 9.17) is 9.47 Å². The molecule has 1 heterocycles. The van der Waals surface area contributed by atoms with E-state index in [0.717, 1.165) is 31.2 Å². The first-order valence-corrected chi connectivity index (χ1v) is 9.43. The molecule has 1 saturated heterocycles. The molecule has 6 nitrogen and oxygen atoms in total. The molecule has 1 aliphatic carbocycles. The molecule has 1 atom stereocenters.